The Morgan fingerprint density at radius 2 is 2.29 bits per heavy atom. The molecule has 0 aromatic rings. The molecule has 6 heteroatoms. The third kappa shape index (κ3) is 1.84. The van der Waals surface area contributed by atoms with Gasteiger partial charge in [0.1, 0.15) is 6.04 Å². The van der Waals surface area contributed by atoms with Gasteiger partial charge in [0.05, 0.1) is 6.54 Å². The molecule has 3 N–H and O–H groups in total. The molecule has 0 spiro atoms. The molecule has 76 valence electrons. The molecule has 0 saturated carbocycles. The number of nitrogens with zero attached hydrogens (tertiary/aromatic N) is 1. The van der Waals surface area contributed by atoms with Gasteiger partial charge in [0, 0.05) is 13.0 Å². The van der Waals surface area contributed by atoms with E-state index in [9.17, 15) is 9.59 Å². The molecule has 1 unspecified atom stereocenters. The number of rotatable bonds is 1. The molecule has 1 fully saturated rings. The number of amides is 2. The van der Waals surface area contributed by atoms with Crippen LogP contribution in [0.15, 0.2) is 4.99 Å². The summed E-state index contributed by atoms with van der Waals surface area (Å²) in [6.07, 6.45) is 0.919. The fraction of sp³-hybridized carbons (Fsp3) is 0.625. The normalized spacial score (nSPS) is 26.6. The van der Waals surface area contributed by atoms with Gasteiger partial charge in [0.2, 0.25) is 11.8 Å². The molecule has 0 radical (unpaired) electrons. The first kappa shape index (κ1) is 8.98. The molecule has 2 aliphatic heterocycles. The molecule has 1 saturated heterocycles. The number of nitrogens with one attached hydrogen (secondary N) is 3. The van der Waals surface area contributed by atoms with Crippen LogP contribution in [-0.2, 0) is 9.59 Å². The second-order valence-electron chi connectivity index (χ2n) is 3.31. The van der Waals surface area contributed by atoms with Crippen LogP contribution in [0.5, 0.6) is 0 Å². The number of carbonyl (C=O) groups is 2. The van der Waals surface area contributed by atoms with Crippen molar-refractivity contribution in [1.82, 2.24) is 16.0 Å². The molecule has 0 bridgehead atoms. The van der Waals surface area contributed by atoms with E-state index >= 15 is 0 Å². The second-order valence-corrected chi connectivity index (χ2v) is 3.31. The summed E-state index contributed by atoms with van der Waals surface area (Å²) < 4.78 is 0. The Morgan fingerprint density at radius 3 is 2.93 bits per heavy atom. The van der Waals surface area contributed by atoms with Gasteiger partial charge in [0.25, 0.3) is 0 Å². The number of piperidine rings is 1. The lowest BCUT2D eigenvalue weighted by molar-refractivity contribution is -0.134. The van der Waals surface area contributed by atoms with E-state index in [-0.39, 0.29) is 17.9 Å². The zero-order chi connectivity index (χ0) is 9.97. The van der Waals surface area contributed by atoms with Crippen LogP contribution >= 0.6 is 0 Å². The van der Waals surface area contributed by atoms with Gasteiger partial charge in [-0.3, -0.25) is 19.9 Å². The van der Waals surface area contributed by atoms with Crippen molar-refractivity contribution in [1.29, 1.82) is 0 Å². The van der Waals surface area contributed by atoms with Crippen molar-refractivity contribution in [3.8, 4) is 0 Å². The van der Waals surface area contributed by atoms with Crippen LogP contribution in [0.25, 0.3) is 0 Å². The number of guanidine groups is 1. The highest BCUT2D eigenvalue weighted by molar-refractivity contribution is 6.01. The van der Waals surface area contributed by atoms with Crippen LogP contribution in [0.4, 0.5) is 0 Å². The highest BCUT2D eigenvalue weighted by atomic mass is 16.2. The summed E-state index contributed by atoms with van der Waals surface area (Å²) in [6.45, 7) is 1.53. The minimum atomic E-state index is -0.336. The maximum Gasteiger partial charge on any atom is 0.249 e. The van der Waals surface area contributed by atoms with Gasteiger partial charge >= 0.3 is 0 Å². The van der Waals surface area contributed by atoms with E-state index in [1.807, 2.05) is 0 Å². The van der Waals surface area contributed by atoms with E-state index < -0.39 is 0 Å². The largest absolute Gasteiger partial charge is 0.355 e. The molecular formula is C8H12N4O2. The summed E-state index contributed by atoms with van der Waals surface area (Å²) in [5.74, 6) is 0.187. The van der Waals surface area contributed by atoms with E-state index in [1.165, 1.54) is 0 Å². The van der Waals surface area contributed by atoms with E-state index in [0.717, 1.165) is 13.1 Å². The average Bonchev–Trinajstić information content (AvgIpc) is 2.62. The predicted molar refractivity (Wildman–Crippen MR) is 49.6 cm³/mol. The topological polar surface area (TPSA) is 82.6 Å². The molecule has 2 rings (SSSR count). The Bertz CT molecular complexity index is 300. The second kappa shape index (κ2) is 3.65. The fourth-order valence-electron chi connectivity index (χ4n) is 1.49. The van der Waals surface area contributed by atoms with Gasteiger partial charge < -0.3 is 10.6 Å². The number of carbonyl (C=O) groups excluding carboxylic acids is 2. The Labute approximate surface area is 81.2 Å². The summed E-state index contributed by atoms with van der Waals surface area (Å²) in [7, 11) is 0. The Hall–Kier alpha value is -1.59. The van der Waals surface area contributed by atoms with Crippen LogP contribution in [0.3, 0.4) is 0 Å². The summed E-state index contributed by atoms with van der Waals surface area (Å²) in [6, 6.07) is -0.336. The summed E-state index contributed by atoms with van der Waals surface area (Å²) in [5.41, 5.74) is 0. The highest BCUT2D eigenvalue weighted by Crippen LogP contribution is 2.04. The summed E-state index contributed by atoms with van der Waals surface area (Å²) in [5, 5.41) is 8.25. The number of aliphatic imine (C=N–C) groups is 1. The van der Waals surface area contributed by atoms with Gasteiger partial charge in [0.15, 0.2) is 5.96 Å². The smallest absolute Gasteiger partial charge is 0.249 e. The molecule has 6 nitrogen and oxygen atoms in total. The zero-order valence-corrected chi connectivity index (χ0v) is 7.67. The third-order valence-corrected chi connectivity index (χ3v) is 2.22. The standard InChI is InChI=1S/C8H12N4O2/c13-6-2-1-5(7(14)12-6)11-8-9-3-4-10-8/h5H,1-4H2,(H2,9,10,11)(H,12,13,14). The zero-order valence-electron chi connectivity index (χ0n) is 7.67. The monoisotopic (exact) mass is 196 g/mol. The van der Waals surface area contributed by atoms with Crippen molar-refractivity contribution in [3.63, 3.8) is 0 Å². The molecular weight excluding hydrogens is 184 g/mol. The lowest BCUT2D eigenvalue weighted by Crippen LogP contribution is -2.54. The summed E-state index contributed by atoms with van der Waals surface area (Å²) in [4.78, 5) is 26.3. The maximum absolute atomic E-state index is 11.3. The van der Waals surface area contributed by atoms with Gasteiger partial charge in [-0.15, -0.1) is 0 Å². The van der Waals surface area contributed by atoms with Gasteiger partial charge in [-0.1, -0.05) is 0 Å². The van der Waals surface area contributed by atoms with Crippen molar-refractivity contribution in [3.05, 3.63) is 0 Å². The van der Waals surface area contributed by atoms with Crippen LogP contribution < -0.4 is 16.0 Å². The molecule has 2 aliphatic rings. The predicted octanol–water partition coefficient (Wildman–Crippen LogP) is -1.66. The Balaban J connectivity index is 1.91. The van der Waals surface area contributed by atoms with E-state index in [0.29, 0.717) is 18.8 Å². The number of imide groups is 1. The number of hydrogen-bond acceptors (Lipinski definition) is 5. The average molecular weight is 196 g/mol. The molecule has 0 aromatic heterocycles. The van der Waals surface area contributed by atoms with Gasteiger partial charge in [-0.05, 0) is 6.42 Å². The van der Waals surface area contributed by atoms with Crippen LogP contribution in [-0.4, -0.2) is 36.9 Å². The Kier molecular flexibility index (Phi) is 2.34. The molecule has 0 aliphatic carbocycles. The van der Waals surface area contributed by atoms with Crippen LogP contribution in [0, 0.1) is 0 Å². The van der Waals surface area contributed by atoms with Crippen molar-refractivity contribution >= 4 is 17.8 Å². The highest BCUT2D eigenvalue weighted by Gasteiger charge is 2.27. The van der Waals surface area contributed by atoms with Gasteiger partial charge in [-0.2, -0.15) is 0 Å². The molecule has 14 heavy (non-hydrogen) atoms. The molecule has 2 heterocycles. The SMILES string of the molecule is O=C1CCC(NC2=NCCN2)C(=O)N1. The lowest BCUT2D eigenvalue weighted by atomic mass is 10.1. The number of hydrogen-bond donors (Lipinski definition) is 3. The third-order valence-electron chi connectivity index (χ3n) is 2.22. The molecule has 2 amide bonds. The van der Waals surface area contributed by atoms with Crippen molar-refractivity contribution in [2.45, 2.75) is 18.9 Å². The maximum atomic E-state index is 11.3. The van der Waals surface area contributed by atoms with Crippen molar-refractivity contribution in [2.75, 3.05) is 13.1 Å². The van der Waals surface area contributed by atoms with E-state index in [1.54, 1.807) is 0 Å². The quantitative estimate of drug-likeness (QED) is 0.438. The van der Waals surface area contributed by atoms with Crippen molar-refractivity contribution in [2.24, 2.45) is 4.99 Å². The first-order valence-corrected chi connectivity index (χ1v) is 4.64. The molecule has 0 aromatic carbocycles. The van der Waals surface area contributed by atoms with E-state index in [2.05, 4.69) is 20.9 Å². The van der Waals surface area contributed by atoms with Gasteiger partial charge in [-0.25, -0.2) is 0 Å². The van der Waals surface area contributed by atoms with Crippen LogP contribution in [0.2, 0.25) is 0 Å². The minimum Gasteiger partial charge on any atom is -0.355 e. The first-order chi connectivity index (χ1) is 6.75. The van der Waals surface area contributed by atoms with E-state index in [4.69, 9.17) is 0 Å². The first-order valence-electron chi connectivity index (χ1n) is 4.64. The molecule has 1 atom stereocenters. The Morgan fingerprint density at radius 1 is 1.43 bits per heavy atom. The van der Waals surface area contributed by atoms with Crippen LogP contribution in [0.1, 0.15) is 12.8 Å². The fourth-order valence-corrected chi connectivity index (χ4v) is 1.49. The minimum absolute atomic E-state index is 0.200. The van der Waals surface area contributed by atoms with Crippen molar-refractivity contribution < 1.29 is 9.59 Å². The summed E-state index contributed by atoms with van der Waals surface area (Å²) >= 11 is 0. The lowest BCUT2D eigenvalue weighted by Gasteiger charge is -2.22.